The Morgan fingerprint density at radius 2 is 1.60 bits per heavy atom. The van der Waals surface area contributed by atoms with Gasteiger partial charge >= 0.3 is 12.1 Å². The van der Waals surface area contributed by atoms with Crippen molar-refractivity contribution in [1.82, 2.24) is 0 Å². The van der Waals surface area contributed by atoms with Crippen molar-refractivity contribution in [2.45, 2.75) is 63.3 Å². The predicted molar refractivity (Wildman–Crippen MR) is 146 cm³/mol. The molecule has 1 N–H and O–H groups in total. The van der Waals surface area contributed by atoms with E-state index in [1.54, 1.807) is 7.11 Å². The van der Waals surface area contributed by atoms with E-state index in [1.807, 2.05) is 54.6 Å². The van der Waals surface area contributed by atoms with Crippen LogP contribution in [0.25, 0.3) is 0 Å². The van der Waals surface area contributed by atoms with Gasteiger partial charge in [-0.25, -0.2) is 4.79 Å². The fraction of sp³-hybridized carbons (Fsp3) is 0.548. The number of quaternary nitrogens is 1. The second-order valence-corrected chi connectivity index (χ2v) is 10.9. The largest absolute Gasteiger partial charge is 0.542 e. The molecule has 1 aliphatic carbocycles. The third-order valence-electron chi connectivity index (χ3n) is 8.27. The van der Waals surface area contributed by atoms with Crippen LogP contribution in [-0.2, 0) is 19.9 Å². The van der Waals surface area contributed by atoms with Crippen LogP contribution in [0.2, 0.25) is 0 Å². The van der Waals surface area contributed by atoms with Crippen LogP contribution in [0.15, 0.2) is 54.6 Å². The maximum Gasteiger partial charge on any atom is 0.430 e. The van der Waals surface area contributed by atoms with E-state index in [9.17, 15) is 23.1 Å². The molecule has 0 spiro atoms. The number of alkyl halides is 3. The predicted octanol–water partition coefficient (Wildman–Crippen LogP) is 3.99. The van der Waals surface area contributed by atoms with Gasteiger partial charge in [0.05, 0.1) is 33.4 Å². The van der Waals surface area contributed by atoms with Crippen molar-refractivity contribution in [2.75, 3.05) is 39.9 Å². The molecule has 4 rings (SSSR count). The summed E-state index contributed by atoms with van der Waals surface area (Å²) in [7, 11) is 1.65. The zero-order valence-electron chi connectivity index (χ0n) is 24.1. The Labute approximate surface area is 244 Å². The zero-order chi connectivity index (χ0) is 30.8. The fourth-order valence-corrected chi connectivity index (χ4v) is 5.84. The Balaban J connectivity index is 0.000000616. The number of carbonyl (C=O) groups excluding carboxylic acids is 2. The summed E-state index contributed by atoms with van der Waals surface area (Å²) in [6, 6.07) is 17.0. The minimum atomic E-state index is -5.19. The number of aliphatic hydroxyl groups is 1. The summed E-state index contributed by atoms with van der Waals surface area (Å²) in [5, 5.41) is 20.5. The molecule has 0 radical (unpaired) electrons. The smallest absolute Gasteiger partial charge is 0.430 e. The number of hydrogen-bond acceptors (Lipinski definition) is 7. The molecule has 2 aromatic carbocycles. The van der Waals surface area contributed by atoms with Crippen molar-refractivity contribution in [1.29, 1.82) is 0 Å². The molecule has 1 saturated heterocycles. The highest BCUT2D eigenvalue weighted by atomic mass is 19.4. The van der Waals surface area contributed by atoms with E-state index < -0.39 is 23.7 Å². The molecule has 3 unspecified atom stereocenters. The summed E-state index contributed by atoms with van der Waals surface area (Å²) < 4.78 is 49.6. The second-order valence-electron chi connectivity index (χ2n) is 10.9. The molecule has 1 heterocycles. The van der Waals surface area contributed by atoms with E-state index in [0.717, 1.165) is 80.7 Å². The molecular weight excluding hydrogens is 555 g/mol. The molecule has 0 amide bonds. The minimum absolute atomic E-state index is 0.0840. The van der Waals surface area contributed by atoms with Crippen LogP contribution in [0.1, 0.15) is 51.0 Å². The normalized spacial score (nSPS) is 22.0. The standard InChI is InChI=1S/C29H40NO5.C2HF3O2/c1-3-30(19-9-21-34-26-16-14-25(33-2)15-17-26)20-18-27(22-30)35-28(31)29(32,24-12-7-8-13-24)23-10-5-4-6-11-23;3-2(4,5)1(6)7/h4-6,10-11,14-17,24,27,32H,3,7-9,12-13,18-22H2,1-2H3;(H,6,7)/q+1;/p-1. The molecule has 2 fully saturated rings. The number of likely N-dealkylation sites (N-methyl/N-ethyl adjacent to an activating group) is 1. The average Bonchev–Trinajstić information content (AvgIpc) is 3.67. The number of aliphatic carboxylic acids is 1. The van der Waals surface area contributed by atoms with Gasteiger partial charge in [-0.2, -0.15) is 13.2 Å². The molecule has 2 aromatic rings. The van der Waals surface area contributed by atoms with Crippen molar-refractivity contribution >= 4 is 11.9 Å². The van der Waals surface area contributed by atoms with E-state index >= 15 is 0 Å². The number of carbonyl (C=O) groups is 2. The van der Waals surface area contributed by atoms with Gasteiger partial charge in [0.25, 0.3) is 0 Å². The number of carboxylic acids is 1. The van der Waals surface area contributed by atoms with Gasteiger partial charge in [-0.15, -0.1) is 0 Å². The number of ether oxygens (including phenoxy) is 3. The van der Waals surface area contributed by atoms with Crippen molar-refractivity contribution in [3.05, 3.63) is 60.2 Å². The van der Waals surface area contributed by atoms with Crippen molar-refractivity contribution in [2.24, 2.45) is 5.92 Å². The summed E-state index contributed by atoms with van der Waals surface area (Å²) in [5.74, 6) is -1.90. The average molecular weight is 596 g/mol. The Hall–Kier alpha value is -3.31. The lowest BCUT2D eigenvalue weighted by Gasteiger charge is -2.35. The summed E-state index contributed by atoms with van der Waals surface area (Å²) >= 11 is 0. The highest BCUT2D eigenvalue weighted by Crippen LogP contribution is 2.42. The van der Waals surface area contributed by atoms with Gasteiger partial charge in [-0.1, -0.05) is 43.2 Å². The number of esters is 1. The lowest BCUT2D eigenvalue weighted by molar-refractivity contribution is -0.916. The Kier molecular flexibility index (Phi) is 11.6. The number of halogens is 3. The Morgan fingerprint density at radius 1 is 1.00 bits per heavy atom. The quantitative estimate of drug-likeness (QED) is 0.238. The molecule has 42 heavy (non-hydrogen) atoms. The monoisotopic (exact) mass is 595 g/mol. The third-order valence-corrected chi connectivity index (χ3v) is 8.27. The number of nitrogens with zero attached hydrogens (tertiary/aromatic N) is 1. The fourth-order valence-electron chi connectivity index (χ4n) is 5.84. The van der Waals surface area contributed by atoms with Gasteiger partial charge in [-0.05, 0) is 49.6 Å². The van der Waals surface area contributed by atoms with Crippen molar-refractivity contribution in [3.8, 4) is 11.5 Å². The highest BCUT2D eigenvalue weighted by molar-refractivity contribution is 5.81. The first kappa shape index (κ1) is 33.2. The van der Waals surface area contributed by atoms with Crippen LogP contribution in [0.3, 0.4) is 0 Å². The number of likely N-dealkylation sites (tertiary alicyclic amines) is 1. The number of benzene rings is 2. The van der Waals surface area contributed by atoms with Gasteiger partial charge in [0, 0.05) is 18.8 Å². The van der Waals surface area contributed by atoms with Crippen LogP contribution in [-0.4, -0.2) is 73.7 Å². The number of rotatable bonds is 11. The maximum absolute atomic E-state index is 13.5. The highest BCUT2D eigenvalue weighted by Gasteiger charge is 2.50. The Morgan fingerprint density at radius 3 is 2.14 bits per heavy atom. The number of hydrogen-bond donors (Lipinski definition) is 1. The summed E-state index contributed by atoms with van der Waals surface area (Å²) in [6.45, 7) is 6.58. The van der Waals surface area contributed by atoms with Crippen LogP contribution < -0.4 is 14.6 Å². The van der Waals surface area contributed by atoms with Gasteiger partial charge in [0.2, 0.25) is 0 Å². The summed E-state index contributed by atoms with van der Waals surface area (Å²) in [6.07, 6.45) is 0.199. The van der Waals surface area contributed by atoms with Crippen LogP contribution in [0, 0.1) is 5.92 Å². The van der Waals surface area contributed by atoms with Crippen LogP contribution in [0.4, 0.5) is 13.2 Å². The first-order valence-corrected chi connectivity index (χ1v) is 14.3. The molecule has 1 saturated carbocycles. The molecule has 11 heteroatoms. The number of carboxylic acid groups (broad SMARTS) is 1. The van der Waals surface area contributed by atoms with Gasteiger partial charge in [-0.3, -0.25) is 0 Å². The molecule has 0 bridgehead atoms. The molecular formula is C31H40F3NO7. The van der Waals surface area contributed by atoms with Crippen LogP contribution >= 0.6 is 0 Å². The molecule has 1 aliphatic heterocycles. The van der Waals surface area contributed by atoms with E-state index in [2.05, 4.69) is 6.92 Å². The van der Waals surface area contributed by atoms with Gasteiger partial charge in [0.15, 0.2) is 11.7 Å². The SMILES string of the molecule is CC[N+]1(CCCOc2ccc(OC)cc2)CCC(OC(=O)C(O)(c2ccccc2)C2CCCC2)C1.O=C([O-])C(F)(F)F. The van der Waals surface area contributed by atoms with Crippen molar-refractivity contribution < 1.29 is 51.7 Å². The van der Waals surface area contributed by atoms with Crippen molar-refractivity contribution in [3.63, 3.8) is 0 Å². The first-order valence-electron chi connectivity index (χ1n) is 14.3. The zero-order valence-corrected chi connectivity index (χ0v) is 24.1. The van der Waals surface area contributed by atoms with Crippen LogP contribution in [0.5, 0.6) is 11.5 Å². The van der Waals surface area contributed by atoms with E-state index in [1.165, 1.54) is 0 Å². The summed E-state index contributed by atoms with van der Waals surface area (Å²) in [5.41, 5.74) is -0.907. The number of methoxy groups -OCH3 is 1. The van der Waals surface area contributed by atoms with Gasteiger partial charge < -0.3 is 33.7 Å². The first-order chi connectivity index (χ1) is 19.9. The third kappa shape index (κ3) is 8.61. The summed E-state index contributed by atoms with van der Waals surface area (Å²) in [4.78, 5) is 22.2. The molecule has 0 aromatic heterocycles. The minimum Gasteiger partial charge on any atom is -0.542 e. The molecule has 3 atom stereocenters. The topological polar surface area (TPSA) is 105 Å². The lowest BCUT2D eigenvalue weighted by atomic mass is 9.80. The Bertz CT molecular complexity index is 1140. The molecule has 2 aliphatic rings. The van der Waals surface area contributed by atoms with E-state index in [0.29, 0.717) is 12.2 Å². The maximum atomic E-state index is 13.5. The molecule has 8 nitrogen and oxygen atoms in total. The van der Waals surface area contributed by atoms with Gasteiger partial charge in [0.1, 0.15) is 24.0 Å². The van der Waals surface area contributed by atoms with E-state index in [-0.39, 0.29) is 12.0 Å². The second kappa shape index (κ2) is 14.7. The lowest BCUT2D eigenvalue weighted by Crippen LogP contribution is -2.49. The van der Waals surface area contributed by atoms with E-state index in [4.69, 9.17) is 24.1 Å². The molecule has 232 valence electrons.